The van der Waals surface area contributed by atoms with E-state index in [9.17, 15) is 0 Å². The molecule has 2 nitrogen and oxygen atoms in total. The summed E-state index contributed by atoms with van der Waals surface area (Å²) in [5, 5.41) is 6.09. The number of para-hydroxylation sites is 1. The first-order valence-corrected chi connectivity index (χ1v) is 18.4. The molecule has 0 fully saturated rings. The van der Waals surface area contributed by atoms with Crippen molar-refractivity contribution in [3.05, 3.63) is 212 Å². The fourth-order valence-corrected chi connectivity index (χ4v) is 7.74. The maximum atomic E-state index is 6.44. The molecule has 54 heavy (non-hydrogen) atoms. The minimum atomic E-state index is 0.864. The highest BCUT2D eigenvalue weighted by Gasteiger charge is 2.17. The molecule has 0 atom stereocenters. The average molecular weight is 690 g/mol. The van der Waals surface area contributed by atoms with E-state index in [1.807, 2.05) is 12.1 Å². The number of nitrogens with zero attached hydrogens (tertiary/aromatic N) is 1. The fourth-order valence-electron chi connectivity index (χ4n) is 7.74. The summed E-state index contributed by atoms with van der Waals surface area (Å²) in [4.78, 5) is 2.35. The lowest BCUT2D eigenvalue weighted by Crippen LogP contribution is -2.09. The number of hydrogen-bond donors (Lipinski definition) is 0. The molecule has 0 N–H and O–H groups in total. The maximum Gasteiger partial charge on any atom is 0.136 e. The monoisotopic (exact) mass is 689 g/mol. The lowest BCUT2D eigenvalue weighted by atomic mass is 9.93. The Balaban J connectivity index is 1.07. The zero-order chi connectivity index (χ0) is 35.8. The van der Waals surface area contributed by atoms with Crippen LogP contribution in [-0.4, -0.2) is 0 Å². The van der Waals surface area contributed by atoms with E-state index in [1.165, 1.54) is 32.7 Å². The second-order valence-corrected chi connectivity index (χ2v) is 13.8. The van der Waals surface area contributed by atoms with Gasteiger partial charge in [0.1, 0.15) is 11.3 Å². The summed E-state index contributed by atoms with van der Waals surface area (Å²) >= 11 is 0. The molecule has 0 saturated carbocycles. The second kappa shape index (κ2) is 13.4. The molecule has 0 radical (unpaired) electrons. The van der Waals surface area contributed by atoms with Gasteiger partial charge in [0, 0.05) is 28.0 Å². The molecular weight excluding hydrogens is 655 g/mol. The molecule has 0 bridgehead atoms. The van der Waals surface area contributed by atoms with E-state index in [-0.39, 0.29) is 0 Å². The van der Waals surface area contributed by atoms with Gasteiger partial charge in [-0.2, -0.15) is 0 Å². The van der Waals surface area contributed by atoms with Crippen molar-refractivity contribution in [2.45, 2.75) is 0 Å². The summed E-state index contributed by atoms with van der Waals surface area (Å²) in [6, 6.07) is 75.9. The van der Waals surface area contributed by atoms with Crippen molar-refractivity contribution in [3.8, 4) is 44.7 Å². The molecule has 0 amide bonds. The van der Waals surface area contributed by atoms with Crippen LogP contribution in [0.5, 0.6) is 0 Å². The van der Waals surface area contributed by atoms with Crippen molar-refractivity contribution in [2.75, 3.05) is 4.90 Å². The largest absolute Gasteiger partial charge is 0.456 e. The summed E-state index contributed by atoms with van der Waals surface area (Å²) < 4.78 is 6.44. The molecule has 0 unspecified atom stereocenters. The number of hydrogen-bond acceptors (Lipinski definition) is 2. The predicted octanol–water partition coefficient (Wildman–Crippen LogP) is 14.9. The van der Waals surface area contributed by atoms with Gasteiger partial charge < -0.3 is 9.32 Å². The molecule has 1 heterocycles. The molecule has 0 aliphatic carbocycles. The Morgan fingerprint density at radius 1 is 0.296 bits per heavy atom. The van der Waals surface area contributed by atoms with Crippen molar-refractivity contribution in [2.24, 2.45) is 0 Å². The first-order valence-electron chi connectivity index (χ1n) is 18.4. The summed E-state index contributed by atoms with van der Waals surface area (Å²) in [7, 11) is 0. The first kappa shape index (κ1) is 31.6. The number of rotatable bonds is 7. The van der Waals surface area contributed by atoms with E-state index < -0.39 is 0 Å². The van der Waals surface area contributed by atoms with Gasteiger partial charge in [0.2, 0.25) is 0 Å². The van der Waals surface area contributed by atoms with Gasteiger partial charge in [-0.15, -0.1) is 0 Å². The number of fused-ring (bicyclic) bond motifs is 4. The molecule has 0 spiro atoms. The molecular formula is C52H35NO. The van der Waals surface area contributed by atoms with Crippen molar-refractivity contribution in [1.29, 1.82) is 0 Å². The van der Waals surface area contributed by atoms with Crippen LogP contribution >= 0.6 is 0 Å². The molecule has 2 heteroatoms. The van der Waals surface area contributed by atoms with Crippen LogP contribution < -0.4 is 4.90 Å². The summed E-state index contributed by atoms with van der Waals surface area (Å²) in [5.41, 5.74) is 12.2. The van der Waals surface area contributed by atoms with E-state index in [0.717, 1.165) is 61.6 Å². The summed E-state index contributed by atoms with van der Waals surface area (Å²) in [6.07, 6.45) is 0. The zero-order valence-electron chi connectivity index (χ0n) is 29.6. The van der Waals surface area contributed by atoms with E-state index in [2.05, 4.69) is 205 Å². The molecule has 0 aliphatic heterocycles. The molecule has 10 aromatic rings. The quantitative estimate of drug-likeness (QED) is 0.155. The summed E-state index contributed by atoms with van der Waals surface area (Å²) in [5.74, 6) is 0.864. The Morgan fingerprint density at radius 2 is 0.833 bits per heavy atom. The number of anilines is 3. The Labute approximate surface area is 314 Å². The van der Waals surface area contributed by atoms with Crippen LogP contribution in [0.15, 0.2) is 217 Å². The van der Waals surface area contributed by atoms with E-state index >= 15 is 0 Å². The smallest absolute Gasteiger partial charge is 0.136 e. The average Bonchev–Trinajstić information content (AvgIpc) is 3.69. The standard InChI is InChI=1S/C52H35NO/c1-3-11-36(12-4-1)37-21-26-44(27-22-37)53(46-30-32-49-42(33-46)20-19-40-15-7-9-17-47(40)49)45-28-23-38(24-29-45)41-25-31-48(39-13-5-2-6-14-39)50(34-41)52-35-43-16-8-10-18-51(43)54-52/h1-35H. The van der Waals surface area contributed by atoms with Gasteiger partial charge in [0.15, 0.2) is 0 Å². The van der Waals surface area contributed by atoms with Gasteiger partial charge in [-0.3, -0.25) is 0 Å². The van der Waals surface area contributed by atoms with Gasteiger partial charge in [-0.25, -0.2) is 0 Å². The minimum absolute atomic E-state index is 0.864. The second-order valence-electron chi connectivity index (χ2n) is 13.8. The van der Waals surface area contributed by atoms with Crippen LogP contribution in [0.25, 0.3) is 77.2 Å². The van der Waals surface area contributed by atoms with E-state index in [0.29, 0.717) is 0 Å². The van der Waals surface area contributed by atoms with Crippen LogP contribution in [0.2, 0.25) is 0 Å². The van der Waals surface area contributed by atoms with Gasteiger partial charge in [0.05, 0.1) is 0 Å². The third-order valence-electron chi connectivity index (χ3n) is 10.5. The van der Waals surface area contributed by atoms with Gasteiger partial charge >= 0.3 is 0 Å². The molecule has 0 aliphatic rings. The molecule has 10 rings (SSSR count). The third kappa shape index (κ3) is 5.81. The van der Waals surface area contributed by atoms with Crippen LogP contribution in [-0.2, 0) is 0 Å². The lowest BCUT2D eigenvalue weighted by molar-refractivity contribution is 0.632. The van der Waals surface area contributed by atoms with Crippen molar-refractivity contribution < 1.29 is 4.42 Å². The van der Waals surface area contributed by atoms with E-state index in [1.54, 1.807) is 0 Å². The molecule has 0 saturated heterocycles. The molecule has 1 aromatic heterocycles. The maximum absolute atomic E-state index is 6.44. The van der Waals surface area contributed by atoms with Gasteiger partial charge in [0.25, 0.3) is 0 Å². The normalized spacial score (nSPS) is 11.3. The fraction of sp³-hybridized carbons (Fsp3) is 0. The highest BCUT2D eigenvalue weighted by molar-refractivity contribution is 6.08. The van der Waals surface area contributed by atoms with Crippen LogP contribution in [0, 0.1) is 0 Å². The topological polar surface area (TPSA) is 16.4 Å². The highest BCUT2D eigenvalue weighted by Crippen LogP contribution is 2.41. The van der Waals surface area contributed by atoms with Gasteiger partial charge in [-0.1, -0.05) is 158 Å². The minimum Gasteiger partial charge on any atom is -0.456 e. The zero-order valence-corrected chi connectivity index (χ0v) is 29.6. The Hall–Kier alpha value is -7.16. The highest BCUT2D eigenvalue weighted by atomic mass is 16.3. The Kier molecular flexibility index (Phi) is 7.85. The molecule has 254 valence electrons. The van der Waals surface area contributed by atoms with Crippen LogP contribution in [0.3, 0.4) is 0 Å². The Morgan fingerprint density at radius 3 is 1.56 bits per heavy atom. The first-order chi connectivity index (χ1) is 26.7. The van der Waals surface area contributed by atoms with Crippen LogP contribution in [0.1, 0.15) is 0 Å². The molecule has 9 aromatic carbocycles. The van der Waals surface area contributed by atoms with Crippen molar-refractivity contribution in [3.63, 3.8) is 0 Å². The SMILES string of the molecule is c1ccc(-c2ccc(N(c3ccc(-c4ccc(-c5ccccc5)c(-c5cc6ccccc6o5)c4)cc3)c3ccc4c(ccc5ccccc54)c3)cc2)cc1. The van der Waals surface area contributed by atoms with Crippen molar-refractivity contribution in [1.82, 2.24) is 0 Å². The summed E-state index contributed by atoms with van der Waals surface area (Å²) in [6.45, 7) is 0. The Bertz CT molecular complexity index is 2870. The van der Waals surface area contributed by atoms with E-state index in [4.69, 9.17) is 4.42 Å². The predicted molar refractivity (Wildman–Crippen MR) is 228 cm³/mol. The lowest BCUT2D eigenvalue weighted by Gasteiger charge is -2.26. The number of benzene rings is 9. The number of furan rings is 1. The van der Waals surface area contributed by atoms with Crippen molar-refractivity contribution >= 4 is 49.6 Å². The van der Waals surface area contributed by atoms with Crippen LogP contribution in [0.4, 0.5) is 17.1 Å². The van der Waals surface area contributed by atoms with Gasteiger partial charge in [-0.05, 0) is 110 Å². The third-order valence-corrected chi connectivity index (χ3v) is 10.5.